The Hall–Kier alpha value is -2.69. The first kappa shape index (κ1) is 26.9. The van der Waals surface area contributed by atoms with Crippen LogP contribution in [-0.4, -0.2) is 56.8 Å². The highest BCUT2D eigenvalue weighted by Crippen LogP contribution is 2.36. The summed E-state index contributed by atoms with van der Waals surface area (Å²) in [5.74, 6) is -0.376. The molecule has 3 rings (SSSR count). The van der Waals surface area contributed by atoms with E-state index in [2.05, 4.69) is 5.32 Å². The molecule has 2 amide bonds. The molecule has 0 fully saturated rings. The van der Waals surface area contributed by atoms with Gasteiger partial charge in [-0.2, -0.15) is 0 Å². The molecule has 9 nitrogen and oxygen atoms in total. The molecule has 35 heavy (non-hydrogen) atoms. The van der Waals surface area contributed by atoms with E-state index in [1.54, 1.807) is 38.1 Å². The van der Waals surface area contributed by atoms with Gasteiger partial charge >= 0.3 is 0 Å². The van der Waals surface area contributed by atoms with Crippen molar-refractivity contribution in [2.45, 2.75) is 33.4 Å². The second-order valence-electron chi connectivity index (χ2n) is 7.74. The monoisotopic (exact) mass is 543 g/mol. The van der Waals surface area contributed by atoms with Gasteiger partial charge in [0.1, 0.15) is 12.6 Å². The van der Waals surface area contributed by atoms with Crippen molar-refractivity contribution in [1.82, 2.24) is 10.2 Å². The predicted molar refractivity (Wildman–Crippen MR) is 135 cm³/mol. The summed E-state index contributed by atoms with van der Waals surface area (Å²) in [6, 6.07) is 8.63. The predicted octanol–water partition coefficient (Wildman–Crippen LogP) is 3.43. The fourth-order valence-corrected chi connectivity index (χ4v) is 5.09. The Balaban J connectivity index is 1.98. The molecule has 0 bridgehead atoms. The summed E-state index contributed by atoms with van der Waals surface area (Å²) >= 11 is 12.6. The van der Waals surface area contributed by atoms with E-state index in [-0.39, 0.29) is 24.8 Å². The minimum Gasteiger partial charge on any atom is -0.454 e. The van der Waals surface area contributed by atoms with E-state index < -0.39 is 34.4 Å². The summed E-state index contributed by atoms with van der Waals surface area (Å²) in [6.07, 6.45) is 0. The van der Waals surface area contributed by atoms with Crippen LogP contribution in [0.15, 0.2) is 36.4 Å². The van der Waals surface area contributed by atoms with Gasteiger partial charge in [0.05, 0.1) is 11.4 Å². The third-order valence-electron chi connectivity index (χ3n) is 5.53. The summed E-state index contributed by atoms with van der Waals surface area (Å²) in [6.45, 7) is 4.57. The molecule has 1 atom stereocenters. The molecule has 2 aromatic carbocycles. The van der Waals surface area contributed by atoms with Crippen molar-refractivity contribution in [3.8, 4) is 11.5 Å². The summed E-state index contributed by atoms with van der Waals surface area (Å²) in [5, 5.41) is 3.34. The maximum atomic E-state index is 13.6. The van der Waals surface area contributed by atoms with Gasteiger partial charge in [0.2, 0.25) is 28.6 Å². The van der Waals surface area contributed by atoms with Gasteiger partial charge in [-0.3, -0.25) is 13.9 Å². The molecule has 1 aliphatic heterocycles. The molecule has 0 radical (unpaired) electrons. The van der Waals surface area contributed by atoms with Gasteiger partial charge < -0.3 is 19.7 Å². The quantitative estimate of drug-likeness (QED) is 0.492. The van der Waals surface area contributed by atoms with E-state index in [1.165, 1.54) is 24.0 Å². The number of likely N-dealkylation sites (N-methyl/N-ethyl adjacent to an activating group) is 1. The molecule has 12 heteroatoms. The fraction of sp³-hybridized carbons (Fsp3) is 0.391. The number of benzene rings is 2. The van der Waals surface area contributed by atoms with Crippen LogP contribution >= 0.6 is 23.2 Å². The number of rotatable bonds is 10. The highest BCUT2D eigenvalue weighted by atomic mass is 35.5. The highest BCUT2D eigenvalue weighted by molar-refractivity contribution is 7.92. The van der Waals surface area contributed by atoms with Crippen molar-refractivity contribution >= 4 is 50.7 Å². The minimum absolute atomic E-state index is 0.0225. The van der Waals surface area contributed by atoms with Crippen molar-refractivity contribution in [1.29, 1.82) is 0 Å². The van der Waals surface area contributed by atoms with Crippen molar-refractivity contribution in [3.63, 3.8) is 0 Å². The van der Waals surface area contributed by atoms with Crippen LogP contribution < -0.4 is 19.1 Å². The van der Waals surface area contributed by atoms with Gasteiger partial charge in [0.15, 0.2) is 11.5 Å². The van der Waals surface area contributed by atoms with Crippen LogP contribution in [0.2, 0.25) is 10.0 Å². The zero-order valence-electron chi connectivity index (χ0n) is 19.6. The maximum Gasteiger partial charge on any atom is 0.244 e. The molecule has 0 unspecified atom stereocenters. The summed E-state index contributed by atoms with van der Waals surface area (Å²) in [4.78, 5) is 27.5. The van der Waals surface area contributed by atoms with Crippen molar-refractivity contribution in [3.05, 3.63) is 52.0 Å². The summed E-state index contributed by atoms with van der Waals surface area (Å²) in [7, 11) is -3.87. The molecule has 0 spiro atoms. The van der Waals surface area contributed by atoms with Gasteiger partial charge in [0, 0.05) is 34.8 Å². The molecule has 0 aliphatic carbocycles. The normalized spacial score (nSPS) is 13.3. The SMILES string of the molecule is CCNC(=O)[C@@H](C)N(Cc1c(Cl)cccc1Cl)C(=O)CN(c1ccc2c(c1)OCO2)S(=O)(=O)CC. The van der Waals surface area contributed by atoms with Gasteiger partial charge in [-0.15, -0.1) is 0 Å². The summed E-state index contributed by atoms with van der Waals surface area (Å²) < 4.78 is 37.7. The molecule has 0 saturated carbocycles. The second-order valence-corrected chi connectivity index (χ2v) is 10.7. The molecule has 0 saturated heterocycles. The van der Waals surface area contributed by atoms with Crippen LogP contribution in [0.1, 0.15) is 26.3 Å². The van der Waals surface area contributed by atoms with E-state index >= 15 is 0 Å². The van der Waals surface area contributed by atoms with Crippen LogP contribution in [0.4, 0.5) is 5.69 Å². The zero-order chi connectivity index (χ0) is 25.8. The average Bonchev–Trinajstić information content (AvgIpc) is 3.30. The number of ether oxygens (including phenoxy) is 2. The Morgan fingerprint density at radius 1 is 1.09 bits per heavy atom. The molecular formula is C23H27Cl2N3O6S. The average molecular weight is 544 g/mol. The molecule has 1 aliphatic rings. The van der Waals surface area contributed by atoms with Crippen LogP contribution in [0.3, 0.4) is 0 Å². The third kappa shape index (κ3) is 6.12. The molecular weight excluding hydrogens is 517 g/mol. The number of amides is 2. The topological polar surface area (TPSA) is 105 Å². The number of fused-ring (bicyclic) bond motifs is 1. The largest absolute Gasteiger partial charge is 0.454 e. The number of carbonyl (C=O) groups is 2. The Morgan fingerprint density at radius 2 is 1.74 bits per heavy atom. The zero-order valence-corrected chi connectivity index (χ0v) is 21.9. The molecule has 2 aromatic rings. The highest BCUT2D eigenvalue weighted by Gasteiger charge is 2.32. The number of carbonyl (C=O) groups excluding carboxylic acids is 2. The standard InChI is InChI=1S/C23H27Cl2N3O6S/c1-4-26-23(30)15(3)27(12-17-18(24)7-6-8-19(17)25)22(29)13-28(35(31,32)5-2)16-9-10-20-21(11-16)34-14-33-20/h6-11,15H,4-5,12-14H2,1-3H3,(H,26,30)/t15-/m1/s1. The molecule has 0 aromatic heterocycles. The smallest absolute Gasteiger partial charge is 0.244 e. The van der Waals surface area contributed by atoms with E-state index in [1.807, 2.05) is 0 Å². The van der Waals surface area contributed by atoms with Crippen LogP contribution in [0.25, 0.3) is 0 Å². The van der Waals surface area contributed by atoms with E-state index in [9.17, 15) is 18.0 Å². The number of nitrogens with one attached hydrogen (secondary N) is 1. The van der Waals surface area contributed by atoms with Crippen LogP contribution in [0, 0.1) is 0 Å². The fourth-order valence-electron chi connectivity index (χ4n) is 3.52. The van der Waals surface area contributed by atoms with Gasteiger partial charge in [-0.05, 0) is 45.0 Å². The molecule has 1 N–H and O–H groups in total. The lowest BCUT2D eigenvalue weighted by molar-refractivity contribution is -0.139. The number of sulfonamides is 1. The molecule has 1 heterocycles. The van der Waals surface area contributed by atoms with E-state index in [4.69, 9.17) is 32.7 Å². The van der Waals surface area contributed by atoms with E-state index in [0.717, 1.165) is 4.31 Å². The first-order chi connectivity index (χ1) is 16.6. The lowest BCUT2D eigenvalue weighted by atomic mass is 10.1. The lowest BCUT2D eigenvalue weighted by Gasteiger charge is -2.32. The van der Waals surface area contributed by atoms with Gasteiger partial charge in [0.25, 0.3) is 0 Å². The molecule has 190 valence electrons. The van der Waals surface area contributed by atoms with E-state index in [0.29, 0.717) is 33.7 Å². The van der Waals surface area contributed by atoms with Crippen molar-refractivity contribution in [2.75, 3.05) is 29.9 Å². The lowest BCUT2D eigenvalue weighted by Crippen LogP contribution is -2.51. The van der Waals surface area contributed by atoms with Crippen LogP contribution in [0.5, 0.6) is 11.5 Å². The maximum absolute atomic E-state index is 13.6. The number of hydrogen-bond acceptors (Lipinski definition) is 6. The van der Waals surface area contributed by atoms with Crippen molar-refractivity contribution in [2.24, 2.45) is 0 Å². The van der Waals surface area contributed by atoms with Gasteiger partial charge in [-0.1, -0.05) is 29.3 Å². The minimum atomic E-state index is -3.87. The Bertz CT molecular complexity index is 1190. The third-order valence-corrected chi connectivity index (χ3v) is 7.98. The number of halogens is 2. The number of hydrogen-bond donors (Lipinski definition) is 1. The first-order valence-electron chi connectivity index (χ1n) is 11.0. The Kier molecular flexibility index (Phi) is 8.74. The summed E-state index contributed by atoms with van der Waals surface area (Å²) in [5.41, 5.74) is 0.694. The Morgan fingerprint density at radius 3 is 2.37 bits per heavy atom. The number of nitrogens with zero attached hydrogens (tertiary/aromatic N) is 2. The van der Waals surface area contributed by atoms with Crippen molar-refractivity contribution < 1.29 is 27.5 Å². The van der Waals surface area contributed by atoms with Crippen LogP contribution in [-0.2, 0) is 26.2 Å². The van der Waals surface area contributed by atoms with Gasteiger partial charge in [-0.25, -0.2) is 8.42 Å². The second kappa shape index (κ2) is 11.4. The first-order valence-corrected chi connectivity index (χ1v) is 13.4. The Labute approximate surface area is 214 Å². The number of anilines is 1.